The van der Waals surface area contributed by atoms with E-state index in [9.17, 15) is 9.50 Å². The van der Waals surface area contributed by atoms with Crippen molar-refractivity contribution in [3.05, 3.63) is 29.6 Å². The van der Waals surface area contributed by atoms with Crippen LogP contribution in [0.2, 0.25) is 0 Å². The molecular weight excluding hydrogens is 199 g/mol. The van der Waals surface area contributed by atoms with Crippen LogP contribution in [0, 0.1) is 12.7 Å². The van der Waals surface area contributed by atoms with Crippen LogP contribution < -0.4 is 4.74 Å². The second-order valence-electron chi connectivity index (χ2n) is 3.33. The fourth-order valence-electron chi connectivity index (χ4n) is 1.20. The molecule has 0 saturated heterocycles. The van der Waals surface area contributed by atoms with Crippen LogP contribution in [0.1, 0.15) is 5.56 Å². The first kappa shape index (κ1) is 11.9. The first-order chi connectivity index (χ1) is 7.13. The van der Waals surface area contributed by atoms with Crippen LogP contribution in [0.4, 0.5) is 4.39 Å². The zero-order valence-electron chi connectivity index (χ0n) is 8.87. The minimum atomic E-state index is -0.667. The number of hydrogen-bond donors (Lipinski definition) is 1. The van der Waals surface area contributed by atoms with Gasteiger partial charge in [0.05, 0.1) is 6.61 Å². The topological polar surface area (TPSA) is 38.7 Å². The number of methoxy groups -OCH3 is 1. The molecule has 0 heterocycles. The summed E-state index contributed by atoms with van der Waals surface area (Å²) in [7, 11) is 1.51. The molecule has 1 aromatic carbocycles. The second kappa shape index (κ2) is 5.68. The van der Waals surface area contributed by atoms with Gasteiger partial charge in [-0.05, 0) is 30.7 Å². The monoisotopic (exact) mass is 214 g/mol. The Morgan fingerprint density at radius 2 is 2.13 bits per heavy atom. The SMILES string of the molecule is COCC(O)COc1ccc(F)cc1C. The number of hydrogen-bond acceptors (Lipinski definition) is 3. The third-order valence-corrected chi connectivity index (χ3v) is 1.93. The lowest BCUT2D eigenvalue weighted by Gasteiger charge is -2.12. The summed E-state index contributed by atoms with van der Waals surface area (Å²) >= 11 is 0. The third kappa shape index (κ3) is 3.85. The van der Waals surface area contributed by atoms with Gasteiger partial charge in [-0.1, -0.05) is 0 Å². The molecule has 4 heteroatoms. The van der Waals surface area contributed by atoms with Crippen LogP contribution in [0.15, 0.2) is 18.2 Å². The molecule has 0 saturated carbocycles. The summed E-state index contributed by atoms with van der Waals surface area (Å²) in [5, 5.41) is 9.33. The van der Waals surface area contributed by atoms with Crippen LogP contribution >= 0.6 is 0 Å². The molecule has 1 aromatic rings. The number of benzene rings is 1. The number of ether oxygens (including phenoxy) is 2. The minimum absolute atomic E-state index is 0.139. The Hall–Kier alpha value is -1.13. The first-order valence-electron chi connectivity index (χ1n) is 4.69. The highest BCUT2D eigenvalue weighted by molar-refractivity contribution is 5.32. The van der Waals surface area contributed by atoms with Gasteiger partial charge in [-0.25, -0.2) is 4.39 Å². The van der Waals surface area contributed by atoms with E-state index in [0.29, 0.717) is 11.3 Å². The molecule has 1 N–H and O–H groups in total. The Balaban J connectivity index is 2.50. The molecule has 0 aliphatic heterocycles. The molecule has 0 radical (unpaired) electrons. The van der Waals surface area contributed by atoms with E-state index in [0.717, 1.165) is 0 Å². The van der Waals surface area contributed by atoms with Crippen molar-refractivity contribution < 1.29 is 19.0 Å². The van der Waals surface area contributed by atoms with Gasteiger partial charge in [0.15, 0.2) is 0 Å². The molecule has 0 aliphatic rings. The molecule has 1 unspecified atom stereocenters. The van der Waals surface area contributed by atoms with Gasteiger partial charge in [0.2, 0.25) is 0 Å². The van der Waals surface area contributed by atoms with Crippen molar-refractivity contribution in [2.24, 2.45) is 0 Å². The number of aliphatic hydroxyl groups is 1. The maximum Gasteiger partial charge on any atom is 0.123 e. The highest BCUT2D eigenvalue weighted by Crippen LogP contribution is 2.18. The summed E-state index contributed by atoms with van der Waals surface area (Å²) in [5.41, 5.74) is 0.708. The summed E-state index contributed by atoms with van der Waals surface area (Å²) in [6.45, 7) is 2.11. The fourth-order valence-corrected chi connectivity index (χ4v) is 1.20. The maximum absolute atomic E-state index is 12.7. The summed E-state index contributed by atoms with van der Waals surface area (Å²) in [5.74, 6) is 0.281. The van der Waals surface area contributed by atoms with Gasteiger partial charge < -0.3 is 14.6 Å². The van der Waals surface area contributed by atoms with Gasteiger partial charge in [0.1, 0.15) is 24.3 Å². The van der Waals surface area contributed by atoms with Crippen molar-refractivity contribution in [2.75, 3.05) is 20.3 Å². The second-order valence-corrected chi connectivity index (χ2v) is 3.33. The Morgan fingerprint density at radius 3 is 2.73 bits per heavy atom. The highest BCUT2D eigenvalue weighted by Gasteiger charge is 2.06. The maximum atomic E-state index is 12.7. The molecule has 1 atom stereocenters. The van der Waals surface area contributed by atoms with E-state index in [1.807, 2.05) is 0 Å². The molecule has 0 aromatic heterocycles. The molecule has 0 bridgehead atoms. The van der Waals surface area contributed by atoms with Crippen molar-refractivity contribution in [1.29, 1.82) is 0 Å². The highest BCUT2D eigenvalue weighted by atomic mass is 19.1. The zero-order chi connectivity index (χ0) is 11.3. The predicted molar refractivity (Wildman–Crippen MR) is 54.5 cm³/mol. The molecule has 0 spiro atoms. The fraction of sp³-hybridized carbons (Fsp3) is 0.455. The third-order valence-electron chi connectivity index (χ3n) is 1.93. The lowest BCUT2D eigenvalue weighted by molar-refractivity contribution is 0.0324. The number of rotatable bonds is 5. The van der Waals surface area contributed by atoms with E-state index in [2.05, 4.69) is 0 Å². The smallest absolute Gasteiger partial charge is 0.123 e. The number of halogens is 1. The van der Waals surface area contributed by atoms with Gasteiger partial charge in [-0.2, -0.15) is 0 Å². The lowest BCUT2D eigenvalue weighted by atomic mass is 10.2. The van der Waals surface area contributed by atoms with E-state index in [1.54, 1.807) is 13.0 Å². The van der Waals surface area contributed by atoms with Crippen molar-refractivity contribution in [1.82, 2.24) is 0 Å². The first-order valence-corrected chi connectivity index (χ1v) is 4.69. The van der Waals surface area contributed by atoms with Crippen molar-refractivity contribution in [3.63, 3.8) is 0 Å². The van der Waals surface area contributed by atoms with E-state index in [4.69, 9.17) is 9.47 Å². The summed E-state index contributed by atoms with van der Waals surface area (Å²) in [6.07, 6.45) is -0.667. The quantitative estimate of drug-likeness (QED) is 0.807. The van der Waals surface area contributed by atoms with Gasteiger partial charge in [-0.3, -0.25) is 0 Å². The van der Waals surface area contributed by atoms with Gasteiger partial charge in [0, 0.05) is 7.11 Å². The van der Waals surface area contributed by atoms with Crippen LogP contribution in [-0.2, 0) is 4.74 Å². The average molecular weight is 214 g/mol. The minimum Gasteiger partial charge on any atom is -0.491 e. The van der Waals surface area contributed by atoms with E-state index in [1.165, 1.54) is 19.2 Å². The van der Waals surface area contributed by atoms with Crippen molar-refractivity contribution in [3.8, 4) is 5.75 Å². The Morgan fingerprint density at radius 1 is 1.40 bits per heavy atom. The van der Waals surface area contributed by atoms with Crippen LogP contribution in [0.25, 0.3) is 0 Å². The zero-order valence-corrected chi connectivity index (χ0v) is 8.87. The van der Waals surface area contributed by atoms with Crippen molar-refractivity contribution in [2.45, 2.75) is 13.0 Å². The van der Waals surface area contributed by atoms with Crippen LogP contribution in [0.3, 0.4) is 0 Å². The summed E-state index contributed by atoms with van der Waals surface area (Å²) < 4.78 is 22.8. The van der Waals surface area contributed by atoms with Gasteiger partial charge in [-0.15, -0.1) is 0 Å². The Bertz CT molecular complexity index is 315. The Labute approximate surface area is 88.4 Å². The molecule has 3 nitrogen and oxygen atoms in total. The molecule has 15 heavy (non-hydrogen) atoms. The van der Waals surface area contributed by atoms with E-state index in [-0.39, 0.29) is 19.0 Å². The van der Waals surface area contributed by atoms with Crippen LogP contribution in [-0.4, -0.2) is 31.5 Å². The normalized spacial score (nSPS) is 12.5. The molecular formula is C11H15FO3. The molecule has 0 amide bonds. The van der Waals surface area contributed by atoms with Crippen molar-refractivity contribution >= 4 is 0 Å². The molecule has 84 valence electrons. The molecule has 0 fully saturated rings. The summed E-state index contributed by atoms with van der Waals surface area (Å²) in [4.78, 5) is 0. The standard InChI is InChI=1S/C11H15FO3/c1-8-5-9(12)3-4-11(8)15-7-10(13)6-14-2/h3-5,10,13H,6-7H2,1-2H3. The van der Waals surface area contributed by atoms with E-state index >= 15 is 0 Å². The van der Waals surface area contributed by atoms with Crippen LogP contribution in [0.5, 0.6) is 5.75 Å². The van der Waals surface area contributed by atoms with Gasteiger partial charge in [0.25, 0.3) is 0 Å². The summed E-state index contributed by atoms with van der Waals surface area (Å²) in [6, 6.07) is 4.26. The Kier molecular flexibility index (Phi) is 4.52. The largest absolute Gasteiger partial charge is 0.491 e. The average Bonchev–Trinajstić information content (AvgIpc) is 2.17. The molecule has 0 aliphatic carbocycles. The number of aliphatic hydroxyl groups excluding tert-OH is 1. The van der Waals surface area contributed by atoms with Gasteiger partial charge >= 0.3 is 0 Å². The number of aryl methyl sites for hydroxylation is 1. The lowest BCUT2D eigenvalue weighted by Crippen LogP contribution is -2.22. The van der Waals surface area contributed by atoms with E-state index < -0.39 is 6.10 Å². The molecule has 1 rings (SSSR count). The predicted octanol–water partition coefficient (Wildman–Crippen LogP) is 1.52.